The minimum absolute atomic E-state index is 0.187. The van der Waals surface area contributed by atoms with E-state index in [1.807, 2.05) is 15.7 Å². The number of halogens is 3. The van der Waals surface area contributed by atoms with Crippen LogP contribution in [0.5, 0.6) is 0 Å². The molecule has 0 bridgehead atoms. The molecule has 0 radical (unpaired) electrons. The zero-order chi connectivity index (χ0) is 20.7. The van der Waals surface area contributed by atoms with Gasteiger partial charge in [0.05, 0.1) is 22.0 Å². The van der Waals surface area contributed by atoms with Crippen LogP contribution in [-0.4, -0.2) is 42.6 Å². The molecule has 0 atom stereocenters. The fraction of sp³-hybridized carbons (Fsp3) is 0.294. The second-order valence-electron chi connectivity index (χ2n) is 6.28. The van der Waals surface area contributed by atoms with Crippen LogP contribution < -0.4 is 4.72 Å². The molecule has 150 valence electrons. The monoisotopic (exact) mass is 414 g/mol. The first-order chi connectivity index (χ1) is 13.0. The molecule has 0 spiro atoms. The minimum atomic E-state index is -4.62. The van der Waals surface area contributed by atoms with Crippen LogP contribution in [0.15, 0.2) is 41.3 Å². The first kappa shape index (κ1) is 19.9. The van der Waals surface area contributed by atoms with E-state index >= 15 is 0 Å². The van der Waals surface area contributed by atoms with Crippen molar-refractivity contribution in [2.45, 2.75) is 24.4 Å². The third kappa shape index (κ3) is 3.88. The molecule has 11 heteroatoms. The van der Waals surface area contributed by atoms with Crippen LogP contribution >= 0.6 is 0 Å². The molecular weight excluding hydrogens is 397 g/mol. The number of rotatable bonds is 4. The number of carbonyl (C=O) groups excluding carboxylic acids is 1. The standard InChI is InChI=1S/C17H17F3N4O3S/c1-11(25)22-28(26,27)13-7-5-12(6-8-13)24-15(14-4-3-9-23(14)2)10-16(21-24)17(18,19)20/h4-8,10H,3,9H2,1-2H3,(H,22,25). The Bertz CT molecular complexity index is 1040. The third-order valence-electron chi connectivity index (χ3n) is 4.15. The predicted molar refractivity (Wildman–Crippen MR) is 94.8 cm³/mol. The molecule has 0 aliphatic carbocycles. The average molecular weight is 414 g/mol. The van der Waals surface area contributed by atoms with Crippen molar-refractivity contribution in [2.75, 3.05) is 13.6 Å². The molecule has 1 aromatic carbocycles. The number of nitrogens with zero attached hydrogens (tertiary/aromatic N) is 3. The molecular formula is C17H17F3N4O3S. The molecule has 1 aliphatic heterocycles. The molecule has 0 fully saturated rings. The molecule has 3 rings (SSSR count). The van der Waals surface area contributed by atoms with E-state index in [1.54, 1.807) is 7.05 Å². The number of aromatic nitrogens is 2. The van der Waals surface area contributed by atoms with Gasteiger partial charge < -0.3 is 4.90 Å². The number of amides is 1. The van der Waals surface area contributed by atoms with Gasteiger partial charge in [-0.2, -0.15) is 18.3 Å². The van der Waals surface area contributed by atoms with Crippen molar-refractivity contribution in [2.24, 2.45) is 0 Å². The third-order valence-corrected chi connectivity index (χ3v) is 5.59. The summed E-state index contributed by atoms with van der Waals surface area (Å²) in [7, 11) is -2.27. The largest absolute Gasteiger partial charge is 0.435 e. The van der Waals surface area contributed by atoms with Gasteiger partial charge in [0, 0.05) is 20.5 Å². The Kier molecular flexibility index (Phi) is 4.96. The van der Waals surface area contributed by atoms with Crippen molar-refractivity contribution in [3.05, 3.63) is 47.8 Å². The molecule has 28 heavy (non-hydrogen) atoms. The molecule has 0 saturated heterocycles. The van der Waals surface area contributed by atoms with Gasteiger partial charge >= 0.3 is 6.18 Å². The average Bonchev–Trinajstić information content (AvgIpc) is 3.19. The maximum absolute atomic E-state index is 13.2. The Hall–Kier alpha value is -2.82. The van der Waals surface area contributed by atoms with Crippen LogP contribution in [0.1, 0.15) is 24.7 Å². The molecule has 2 heterocycles. The second-order valence-corrected chi connectivity index (χ2v) is 7.96. The highest BCUT2D eigenvalue weighted by Crippen LogP contribution is 2.33. The Morgan fingerprint density at radius 2 is 1.86 bits per heavy atom. The highest BCUT2D eigenvalue weighted by Gasteiger charge is 2.36. The van der Waals surface area contributed by atoms with E-state index in [9.17, 15) is 26.4 Å². The van der Waals surface area contributed by atoms with Gasteiger partial charge in [0.1, 0.15) is 0 Å². The maximum atomic E-state index is 13.2. The van der Waals surface area contributed by atoms with E-state index in [0.717, 1.165) is 17.7 Å². The van der Waals surface area contributed by atoms with Gasteiger partial charge in [-0.3, -0.25) is 4.79 Å². The Labute approximate surface area is 159 Å². The van der Waals surface area contributed by atoms with Crippen molar-refractivity contribution in [3.63, 3.8) is 0 Å². The quantitative estimate of drug-likeness (QED) is 0.831. The SMILES string of the molecule is CC(=O)NS(=O)(=O)c1ccc(-n2nc(C(F)(F)F)cc2C2=CCCN2C)cc1. The van der Waals surface area contributed by atoms with Gasteiger partial charge in [0.25, 0.3) is 10.0 Å². The van der Waals surface area contributed by atoms with Crippen molar-refractivity contribution in [3.8, 4) is 5.69 Å². The zero-order valence-electron chi connectivity index (χ0n) is 15.0. The van der Waals surface area contributed by atoms with Gasteiger partial charge in [0.15, 0.2) is 5.69 Å². The predicted octanol–water partition coefficient (Wildman–Crippen LogP) is 2.39. The van der Waals surface area contributed by atoms with E-state index < -0.39 is 27.8 Å². The maximum Gasteiger partial charge on any atom is 0.435 e. The van der Waals surface area contributed by atoms with E-state index in [-0.39, 0.29) is 16.3 Å². The van der Waals surface area contributed by atoms with E-state index in [0.29, 0.717) is 18.7 Å². The number of benzene rings is 1. The summed E-state index contributed by atoms with van der Waals surface area (Å²) in [6.45, 7) is 1.74. The van der Waals surface area contributed by atoms with Gasteiger partial charge in [-0.05, 0) is 36.8 Å². The van der Waals surface area contributed by atoms with Crippen molar-refractivity contribution in [1.29, 1.82) is 0 Å². The lowest BCUT2D eigenvalue weighted by Gasteiger charge is -2.17. The fourth-order valence-electron chi connectivity index (χ4n) is 2.88. The highest BCUT2D eigenvalue weighted by molar-refractivity contribution is 7.90. The van der Waals surface area contributed by atoms with Crippen LogP contribution in [-0.2, 0) is 21.0 Å². The Morgan fingerprint density at radius 1 is 1.21 bits per heavy atom. The summed E-state index contributed by atoms with van der Waals surface area (Å²) < 4.78 is 66.6. The second kappa shape index (κ2) is 6.97. The molecule has 1 amide bonds. The number of sulfonamides is 1. The van der Waals surface area contributed by atoms with Crippen molar-refractivity contribution >= 4 is 21.6 Å². The fourth-order valence-corrected chi connectivity index (χ4v) is 3.88. The van der Waals surface area contributed by atoms with Crippen LogP contribution in [0, 0.1) is 0 Å². The van der Waals surface area contributed by atoms with Crippen LogP contribution in [0.2, 0.25) is 0 Å². The van der Waals surface area contributed by atoms with E-state index in [1.165, 1.54) is 24.3 Å². The summed E-state index contributed by atoms with van der Waals surface area (Å²) >= 11 is 0. The van der Waals surface area contributed by atoms with Gasteiger partial charge in [-0.1, -0.05) is 6.08 Å². The number of nitrogens with one attached hydrogen (secondary N) is 1. The lowest BCUT2D eigenvalue weighted by Crippen LogP contribution is -2.28. The molecule has 2 aromatic rings. The van der Waals surface area contributed by atoms with E-state index in [4.69, 9.17) is 0 Å². The molecule has 1 aromatic heterocycles. The van der Waals surface area contributed by atoms with Gasteiger partial charge in [-0.25, -0.2) is 17.8 Å². The Morgan fingerprint density at radius 3 is 2.36 bits per heavy atom. The van der Waals surface area contributed by atoms with Crippen LogP contribution in [0.4, 0.5) is 13.2 Å². The summed E-state index contributed by atoms with van der Waals surface area (Å²) in [4.78, 5) is 12.7. The number of hydrogen-bond acceptors (Lipinski definition) is 5. The summed E-state index contributed by atoms with van der Waals surface area (Å²) in [5.41, 5.74) is 0.0786. The van der Waals surface area contributed by atoms with E-state index in [2.05, 4.69) is 5.10 Å². The Balaban J connectivity index is 2.06. The minimum Gasteiger partial charge on any atom is -0.373 e. The van der Waals surface area contributed by atoms with Crippen molar-refractivity contribution < 1.29 is 26.4 Å². The first-order valence-corrected chi connectivity index (χ1v) is 9.70. The highest BCUT2D eigenvalue weighted by atomic mass is 32.2. The molecule has 0 saturated carbocycles. The summed E-state index contributed by atoms with van der Waals surface area (Å²) in [5, 5.41) is 3.68. The first-order valence-electron chi connectivity index (χ1n) is 8.22. The normalized spacial score (nSPS) is 14.9. The van der Waals surface area contributed by atoms with Crippen molar-refractivity contribution in [1.82, 2.24) is 19.4 Å². The lowest BCUT2D eigenvalue weighted by atomic mass is 10.2. The molecule has 1 N–H and O–H groups in total. The van der Waals surface area contributed by atoms with Gasteiger partial charge in [-0.15, -0.1) is 0 Å². The summed E-state index contributed by atoms with van der Waals surface area (Å²) in [6, 6.07) is 6.04. The topological polar surface area (TPSA) is 84.3 Å². The number of hydrogen-bond donors (Lipinski definition) is 1. The molecule has 0 unspecified atom stereocenters. The molecule has 7 nitrogen and oxygen atoms in total. The number of carbonyl (C=O) groups is 1. The summed E-state index contributed by atoms with van der Waals surface area (Å²) in [5.74, 6) is -0.746. The number of alkyl halides is 3. The van der Waals surface area contributed by atoms with Crippen LogP contribution in [0.25, 0.3) is 11.4 Å². The van der Waals surface area contributed by atoms with Gasteiger partial charge in [0.2, 0.25) is 5.91 Å². The molecule has 1 aliphatic rings. The van der Waals surface area contributed by atoms with Crippen LogP contribution in [0.3, 0.4) is 0 Å². The zero-order valence-corrected chi connectivity index (χ0v) is 15.8. The lowest BCUT2D eigenvalue weighted by molar-refractivity contribution is -0.141. The summed E-state index contributed by atoms with van der Waals surface area (Å²) in [6.07, 6.45) is -2.10. The smallest absolute Gasteiger partial charge is 0.373 e.